The van der Waals surface area contributed by atoms with Crippen LogP contribution in [0.2, 0.25) is 0 Å². The highest BCUT2D eigenvalue weighted by Gasteiger charge is 2.41. The van der Waals surface area contributed by atoms with Gasteiger partial charge in [0.25, 0.3) is 11.8 Å². The van der Waals surface area contributed by atoms with Crippen LogP contribution < -0.4 is 4.90 Å². The van der Waals surface area contributed by atoms with Gasteiger partial charge in [0.1, 0.15) is 5.82 Å². The fourth-order valence-electron chi connectivity index (χ4n) is 3.91. The monoisotopic (exact) mass is 400 g/mol. The summed E-state index contributed by atoms with van der Waals surface area (Å²) in [5.41, 5.74) is 3.18. The summed E-state index contributed by atoms with van der Waals surface area (Å²) >= 11 is 0. The third-order valence-corrected chi connectivity index (χ3v) is 5.31. The zero-order chi connectivity index (χ0) is 21.0. The SMILES string of the molecule is Cc1ccc(N2C(=O)c3cnc4c(c(C)nn4Cc4ccccc4)c3C2=O)c(F)c1. The van der Waals surface area contributed by atoms with E-state index >= 15 is 0 Å². The summed E-state index contributed by atoms with van der Waals surface area (Å²) in [6, 6.07) is 14.2. The predicted molar refractivity (Wildman–Crippen MR) is 110 cm³/mol. The van der Waals surface area contributed by atoms with Crippen molar-refractivity contribution in [2.45, 2.75) is 20.4 Å². The van der Waals surface area contributed by atoms with E-state index in [4.69, 9.17) is 0 Å². The maximum absolute atomic E-state index is 14.5. The van der Waals surface area contributed by atoms with E-state index in [-0.39, 0.29) is 16.8 Å². The zero-order valence-corrected chi connectivity index (χ0v) is 16.4. The fourth-order valence-corrected chi connectivity index (χ4v) is 3.91. The summed E-state index contributed by atoms with van der Waals surface area (Å²) in [4.78, 5) is 31.5. The van der Waals surface area contributed by atoms with Gasteiger partial charge in [0.2, 0.25) is 0 Å². The molecule has 3 heterocycles. The lowest BCUT2D eigenvalue weighted by Gasteiger charge is -2.15. The normalized spacial score (nSPS) is 13.4. The molecule has 0 N–H and O–H groups in total. The standard InChI is InChI=1S/C23H17FN4O2/c1-13-8-9-18(17(24)10-13)28-22(29)16-11-25-21-19(20(16)23(28)30)14(2)26-27(21)12-15-6-4-3-5-7-15/h3-11H,12H2,1-2H3. The number of benzene rings is 2. The van der Waals surface area contributed by atoms with Crippen molar-refractivity contribution < 1.29 is 14.0 Å². The fraction of sp³-hybridized carbons (Fsp3) is 0.130. The average molecular weight is 400 g/mol. The van der Waals surface area contributed by atoms with Gasteiger partial charge >= 0.3 is 0 Å². The number of imide groups is 1. The molecule has 7 heteroatoms. The first-order chi connectivity index (χ1) is 14.5. The molecule has 0 atom stereocenters. The molecule has 0 fully saturated rings. The first-order valence-electron chi connectivity index (χ1n) is 9.50. The number of anilines is 1. The molecule has 0 radical (unpaired) electrons. The van der Waals surface area contributed by atoms with Crippen molar-refractivity contribution >= 4 is 28.5 Å². The van der Waals surface area contributed by atoms with E-state index in [2.05, 4.69) is 10.1 Å². The Morgan fingerprint density at radius 3 is 2.50 bits per heavy atom. The number of fused-ring (bicyclic) bond motifs is 3. The number of aromatic nitrogens is 3. The molecule has 30 heavy (non-hydrogen) atoms. The third kappa shape index (κ3) is 2.62. The van der Waals surface area contributed by atoms with Crippen LogP contribution in [0.1, 0.15) is 37.5 Å². The Balaban J connectivity index is 1.65. The number of aryl methyl sites for hydroxylation is 2. The number of halogens is 1. The van der Waals surface area contributed by atoms with Gasteiger partial charge in [-0.1, -0.05) is 36.4 Å². The Bertz CT molecular complexity index is 1340. The number of hydrogen-bond acceptors (Lipinski definition) is 4. The van der Waals surface area contributed by atoms with Gasteiger partial charge < -0.3 is 0 Å². The Kier molecular flexibility index (Phi) is 3.99. The molecule has 2 amide bonds. The first kappa shape index (κ1) is 18.2. The topological polar surface area (TPSA) is 68.1 Å². The highest BCUT2D eigenvalue weighted by atomic mass is 19.1. The van der Waals surface area contributed by atoms with Gasteiger partial charge in [-0.2, -0.15) is 5.10 Å². The van der Waals surface area contributed by atoms with Gasteiger partial charge in [-0.05, 0) is 37.1 Å². The number of nitrogens with zero attached hydrogens (tertiary/aromatic N) is 4. The van der Waals surface area contributed by atoms with Crippen LogP contribution in [-0.4, -0.2) is 26.6 Å². The van der Waals surface area contributed by atoms with Crippen molar-refractivity contribution in [3.63, 3.8) is 0 Å². The zero-order valence-electron chi connectivity index (χ0n) is 16.4. The summed E-state index contributed by atoms with van der Waals surface area (Å²) in [5.74, 6) is -1.76. The molecule has 0 aliphatic carbocycles. The Morgan fingerprint density at radius 1 is 1.00 bits per heavy atom. The van der Waals surface area contributed by atoms with Gasteiger partial charge in [-0.15, -0.1) is 0 Å². The molecular weight excluding hydrogens is 383 g/mol. The summed E-state index contributed by atoms with van der Waals surface area (Å²) in [6.45, 7) is 4.00. The lowest BCUT2D eigenvalue weighted by atomic mass is 10.1. The van der Waals surface area contributed by atoms with Crippen LogP contribution in [0.25, 0.3) is 11.0 Å². The van der Waals surface area contributed by atoms with Crippen LogP contribution in [0.3, 0.4) is 0 Å². The number of pyridine rings is 1. The summed E-state index contributed by atoms with van der Waals surface area (Å²) in [7, 11) is 0. The van der Waals surface area contributed by atoms with Crippen LogP contribution in [0, 0.1) is 19.7 Å². The Morgan fingerprint density at radius 2 is 1.77 bits per heavy atom. The summed E-state index contributed by atoms with van der Waals surface area (Å²) in [6.07, 6.45) is 1.38. The maximum Gasteiger partial charge on any atom is 0.267 e. The highest BCUT2D eigenvalue weighted by Crippen LogP contribution is 2.35. The molecule has 4 aromatic rings. The lowest BCUT2D eigenvalue weighted by Crippen LogP contribution is -2.30. The number of carbonyl (C=O) groups is 2. The molecule has 0 saturated carbocycles. The largest absolute Gasteiger partial charge is 0.268 e. The molecule has 148 valence electrons. The van der Waals surface area contributed by atoms with Gasteiger partial charge in [0, 0.05) is 6.20 Å². The predicted octanol–water partition coefficient (Wildman–Crippen LogP) is 4.04. The second-order valence-corrected chi connectivity index (χ2v) is 7.37. The molecule has 1 aliphatic heterocycles. The van der Waals surface area contributed by atoms with E-state index in [1.807, 2.05) is 30.3 Å². The number of amides is 2. The summed E-state index contributed by atoms with van der Waals surface area (Å²) in [5, 5.41) is 5.07. The van der Waals surface area contributed by atoms with Gasteiger partial charge in [0.15, 0.2) is 5.65 Å². The van der Waals surface area contributed by atoms with Gasteiger partial charge in [-0.3, -0.25) is 9.59 Å². The van der Waals surface area contributed by atoms with Crippen LogP contribution >= 0.6 is 0 Å². The second kappa shape index (κ2) is 6.59. The van der Waals surface area contributed by atoms with E-state index in [1.54, 1.807) is 24.6 Å². The molecule has 2 aromatic carbocycles. The number of rotatable bonds is 3. The van der Waals surface area contributed by atoms with Crippen LogP contribution in [0.15, 0.2) is 54.7 Å². The van der Waals surface area contributed by atoms with E-state index in [0.717, 1.165) is 10.5 Å². The van der Waals surface area contributed by atoms with Crippen molar-refractivity contribution in [2.75, 3.05) is 4.90 Å². The van der Waals surface area contributed by atoms with Crippen LogP contribution in [-0.2, 0) is 6.54 Å². The smallest absolute Gasteiger partial charge is 0.267 e. The van der Waals surface area contributed by atoms with Crippen molar-refractivity contribution in [1.82, 2.24) is 14.8 Å². The molecule has 0 spiro atoms. The van der Waals surface area contributed by atoms with E-state index < -0.39 is 17.6 Å². The minimum absolute atomic E-state index is 0.0609. The number of carbonyl (C=O) groups excluding carboxylic acids is 2. The van der Waals surface area contributed by atoms with E-state index in [0.29, 0.717) is 28.8 Å². The van der Waals surface area contributed by atoms with E-state index in [9.17, 15) is 14.0 Å². The Hall–Kier alpha value is -3.87. The molecular formula is C23H17FN4O2. The molecule has 5 rings (SSSR count). The highest BCUT2D eigenvalue weighted by molar-refractivity contribution is 6.37. The molecule has 0 unspecified atom stereocenters. The Labute approximate surface area is 171 Å². The van der Waals surface area contributed by atoms with Gasteiger partial charge in [-0.25, -0.2) is 19.0 Å². The molecule has 2 aromatic heterocycles. The average Bonchev–Trinajstić information content (AvgIpc) is 3.17. The quantitative estimate of drug-likeness (QED) is 0.487. The molecule has 6 nitrogen and oxygen atoms in total. The van der Waals surface area contributed by atoms with Crippen LogP contribution in [0.5, 0.6) is 0 Å². The van der Waals surface area contributed by atoms with E-state index in [1.165, 1.54) is 18.3 Å². The summed E-state index contributed by atoms with van der Waals surface area (Å²) < 4.78 is 16.2. The molecule has 0 saturated heterocycles. The lowest BCUT2D eigenvalue weighted by molar-refractivity contribution is 0.0925. The second-order valence-electron chi connectivity index (χ2n) is 7.37. The molecule has 1 aliphatic rings. The van der Waals surface area contributed by atoms with Crippen LogP contribution in [0.4, 0.5) is 10.1 Å². The third-order valence-electron chi connectivity index (χ3n) is 5.31. The molecule has 0 bridgehead atoms. The minimum atomic E-state index is -0.620. The van der Waals surface area contributed by atoms with Crippen molar-refractivity contribution in [3.05, 3.63) is 88.5 Å². The van der Waals surface area contributed by atoms with Crippen molar-refractivity contribution in [1.29, 1.82) is 0 Å². The minimum Gasteiger partial charge on any atom is -0.268 e. The van der Waals surface area contributed by atoms with Crippen molar-refractivity contribution in [3.8, 4) is 0 Å². The first-order valence-corrected chi connectivity index (χ1v) is 9.50. The number of hydrogen-bond donors (Lipinski definition) is 0. The van der Waals surface area contributed by atoms with Crippen molar-refractivity contribution in [2.24, 2.45) is 0 Å². The maximum atomic E-state index is 14.5. The van der Waals surface area contributed by atoms with Gasteiger partial charge in [0.05, 0.1) is 34.4 Å².